The van der Waals surface area contributed by atoms with Gasteiger partial charge >= 0.3 is 0 Å². The van der Waals surface area contributed by atoms with Gasteiger partial charge in [0.15, 0.2) is 5.01 Å². The first-order valence-corrected chi connectivity index (χ1v) is 11.3. The van der Waals surface area contributed by atoms with Crippen LogP contribution in [-0.2, 0) is 13.2 Å². The zero-order valence-electron chi connectivity index (χ0n) is 17.6. The second-order valence-electron chi connectivity index (χ2n) is 7.05. The fourth-order valence-electron chi connectivity index (χ4n) is 2.92. The summed E-state index contributed by atoms with van der Waals surface area (Å²) in [4.78, 5) is 24.6. The summed E-state index contributed by atoms with van der Waals surface area (Å²) in [5, 5.41) is 14.4. The molecule has 10 heteroatoms. The molecule has 4 aromatic rings. The van der Waals surface area contributed by atoms with Crippen LogP contribution in [0.2, 0.25) is 5.02 Å². The van der Waals surface area contributed by atoms with Crippen molar-refractivity contribution in [1.29, 1.82) is 0 Å². The van der Waals surface area contributed by atoms with Crippen molar-refractivity contribution >= 4 is 40.4 Å². The molecule has 7 nitrogen and oxygen atoms in total. The maximum absolute atomic E-state index is 13.3. The normalized spacial score (nSPS) is 10.5. The molecule has 34 heavy (non-hydrogen) atoms. The van der Waals surface area contributed by atoms with Gasteiger partial charge in [0.05, 0.1) is 0 Å². The van der Waals surface area contributed by atoms with E-state index in [4.69, 9.17) is 16.3 Å². The van der Waals surface area contributed by atoms with Crippen molar-refractivity contribution in [2.45, 2.75) is 13.2 Å². The van der Waals surface area contributed by atoms with Crippen LogP contribution < -0.4 is 15.4 Å². The first kappa shape index (κ1) is 23.3. The molecule has 0 saturated heterocycles. The summed E-state index contributed by atoms with van der Waals surface area (Å²) in [6.07, 6.45) is 0. The van der Waals surface area contributed by atoms with Gasteiger partial charge in [-0.3, -0.25) is 9.59 Å². The summed E-state index contributed by atoms with van der Waals surface area (Å²) < 4.78 is 18.9. The van der Waals surface area contributed by atoms with Crippen molar-refractivity contribution in [3.8, 4) is 5.75 Å². The van der Waals surface area contributed by atoms with E-state index in [1.165, 1.54) is 18.2 Å². The molecule has 0 atom stereocenters. The highest BCUT2D eigenvalue weighted by Gasteiger charge is 2.14. The van der Waals surface area contributed by atoms with Crippen molar-refractivity contribution in [3.63, 3.8) is 0 Å². The van der Waals surface area contributed by atoms with Crippen LogP contribution in [-0.4, -0.2) is 22.0 Å². The maximum atomic E-state index is 13.3. The summed E-state index contributed by atoms with van der Waals surface area (Å²) >= 11 is 7.18. The van der Waals surface area contributed by atoms with Gasteiger partial charge in [0.2, 0.25) is 5.01 Å². The third kappa shape index (κ3) is 6.15. The molecule has 172 valence electrons. The molecule has 0 unspecified atom stereocenters. The van der Waals surface area contributed by atoms with Crippen LogP contribution in [0.4, 0.5) is 10.1 Å². The summed E-state index contributed by atoms with van der Waals surface area (Å²) in [5.41, 5.74) is 1.64. The van der Waals surface area contributed by atoms with Gasteiger partial charge in [-0.1, -0.05) is 47.2 Å². The van der Waals surface area contributed by atoms with Crippen molar-refractivity contribution in [1.82, 2.24) is 15.5 Å². The number of hydrogen-bond acceptors (Lipinski definition) is 6. The van der Waals surface area contributed by atoms with Crippen molar-refractivity contribution in [3.05, 3.63) is 105 Å². The molecule has 0 radical (unpaired) electrons. The Labute approximate surface area is 203 Å². The summed E-state index contributed by atoms with van der Waals surface area (Å²) in [7, 11) is 0. The Morgan fingerprint density at radius 1 is 0.971 bits per heavy atom. The quantitative estimate of drug-likeness (QED) is 0.354. The Bertz CT molecular complexity index is 1310. The lowest BCUT2D eigenvalue weighted by Crippen LogP contribution is -2.22. The van der Waals surface area contributed by atoms with Gasteiger partial charge in [0.1, 0.15) is 18.2 Å². The fraction of sp³-hybridized carbons (Fsp3) is 0.0833. The van der Waals surface area contributed by atoms with E-state index < -0.39 is 11.7 Å². The second-order valence-corrected chi connectivity index (χ2v) is 8.52. The van der Waals surface area contributed by atoms with E-state index in [0.29, 0.717) is 33.6 Å². The Kier molecular flexibility index (Phi) is 7.46. The molecule has 0 saturated carbocycles. The van der Waals surface area contributed by atoms with E-state index in [1.54, 1.807) is 36.4 Å². The molecule has 1 aromatic heterocycles. The Hall–Kier alpha value is -3.82. The van der Waals surface area contributed by atoms with Crippen LogP contribution in [0.25, 0.3) is 0 Å². The van der Waals surface area contributed by atoms with Gasteiger partial charge in [-0.2, -0.15) is 0 Å². The van der Waals surface area contributed by atoms with Crippen molar-refractivity contribution < 1.29 is 18.7 Å². The van der Waals surface area contributed by atoms with Crippen LogP contribution in [0.5, 0.6) is 5.75 Å². The van der Waals surface area contributed by atoms with Crippen molar-refractivity contribution in [2.75, 3.05) is 5.32 Å². The Morgan fingerprint density at radius 3 is 2.53 bits per heavy atom. The minimum atomic E-state index is -0.485. The number of anilines is 1. The zero-order valence-corrected chi connectivity index (χ0v) is 19.2. The minimum Gasteiger partial charge on any atom is -0.486 e. The molecule has 0 aliphatic rings. The van der Waals surface area contributed by atoms with E-state index in [2.05, 4.69) is 20.8 Å². The lowest BCUT2D eigenvalue weighted by molar-refractivity contribution is 0.0950. The fourth-order valence-corrected chi connectivity index (χ4v) is 3.77. The number of carbonyl (C=O) groups is 2. The standard InChI is InChI=1S/C24H18ClFN4O3S/c25-20-7-2-1-4-16(20)13-27-22(31)15-8-10-19(11-9-15)33-14-21-29-30-24(34-21)23(32)28-18-6-3-5-17(26)12-18/h1-12H,13-14H2,(H,27,31)(H,28,32). The second kappa shape index (κ2) is 10.9. The number of carbonyl (C=O) groups excluding carboxylic acids is 2. The smallest absolute Gasteiger partial charge is 0.286 e. The molecule has 0 fully saturated rings. The molecule has 0 aliphatic carbocycles. The van der Waals surface area contributed by atoms with Crippen LogP contribution in [0.15, 0.2) is 72.8 Å². The van der Waals surface area contributed by atoms with Gasteiger partial charge < -0.3 is 15.4 Å². The summed E-state index contributed by atoms with van der Waals surface area (Å²) in [5.74, 6) is -0.636. The van der Waals surface area contributed by atoms with Gasteiger partial charge in [0.25, 0.3) is 11.8 Å². The molecule has 2 N–H and O–H groups in total. The molecule has 4 rings (SSSR count). The van der Waals surface area contributed by atoms with Gasteiger partial charge in [-0.05, 0) is 54.1 Å². The molecule has 0 aliphatic heterocycles. The zero-order chi connectivity index (χ0) is 23.9. The number of benzene rings is 3. The number of ether oxygens (including phenoxy) is 1. The lowest BCUT2D eigenvalue weighted by atomic mass is 10.2. The van der Waals surface area contributed by atoms with Crippen LogP contribution >= 0.6 is 22.9 Å². The number of amides is 2. The van der Waals surface area contributed by atoms with Crippen molar-refractivity contribution in [2.24, 2.45) is 0 Å². The average Bonchev–Trinajstić information content (AvgIpc) is 3.32. The Morgan fingerprint density at radius 2 is 1.76 bits per heavy atom. The molecule has 1 heterocycles. The van der Waals surface area contributed by atoms with E-state index in [9.17, 15) is 14.0 Å². The predicted octanol–water partition coefficient (Wildman–Crippen LogP) is 5.09. The number of hydrogen-bond donors (Lipinski definition) is 2. The number of halogens is 2. The van der Waals surface area contributed by atoms with Gasteiger partial charge in [0, 0.05) is 22.8 Å². The number of nitrogens with one attached hydrogen (secondary N) is 2. The molecule has 0 bridgehead atoms. The lowest BCUT2D eigenvalue weighted by Gasteiger charge is -2.08. The highest BCUT2D eigenvalue weighted by atomic mass is 35.5. The topological polar surface area (TPSA) is 93.2 Å². The van der Waals surface area contributed by atoms with E-state index in [-0.39, 0.29) is 17.5 Å². The van der Waals surface area contributed by atoms with Crippen LogP contribution in [0.3, 0.4) is 0 Å². The van der Waals surface area contributed by atoms with Crippen LogP contribution in [0.1, 0.15) is 30.7 Å². The number of rotatable bonds is 8. The number of aromatic nitrogens is 2. The summed E-state index contributed by atoms with van der Waals surface area (Å²) in [6, 6.07) is 19.5. The monoisotopic (exact) mass is 496 g/mol. The van der Waals surface area contributed by atoms with Gasteiger partial charge in [-0.25, -0.2) is 4.39 Å². The highest BCUT2D eigenvalue weighted by Crippen LogP contribution is 2.19. The first-order valence-electron chi connectivity index (χ1n) is 10.1. The molecule has 2 amide bonds. The van der Waals surface area contributed by atoms with E-state index >= 15 is 0 Å². The third-order valence-electron chi connectivity index (χ3n) is 4.62. The molecular weight excluding hydrogens is 479 g/mol. The van der Waals surface area contributed by atoms with E-state index in [1.807, 2.05) is 18.2 Å². The third-order valence-corrected chi connectivity index (χ3v) is 5.88. The summed E-state index contributed by atoms with van der Waals surface area (Å²) in [6.45, 7) is 0.423. The predicted molar refractivity (Wildman–Crippen MR) is 128 cm³/mol. The first-order chi connectivity index (χ1) is 16.5. The maximum Gasteiger partial charge on any atom is 0.286 e. The highest BCUT2D eigenvalue weighted by molar-refractivity contribution is 7.13. The largest absolute Gasteiger partial charge is 0.486 e. The minimum absolute atomic E-state index is 0.100. The number of nitrogens with zero attached hydrogens (tertiary/aromatic N) is 2. The van der Waals surface area contributed by atoms with Gasteiger partial charge in [-0.15, -0.1) is 10.2 Å². The Balaban J connectivity index is 1.28. The van der Waals surface area contributed by atoms with E-state index in [0.717, 1.165) is 16.9 Å². The molecular formula is C24H18ClFN4O3S. The molecule has 0 spiro atoms. The van der Waals surface area contributed by atoms with Crippen LogP contribution in [0, 0.1) is 5.82 Å². The SMILES string of the molecule is O=C(NCc1ccccc1Cl)c1ccc(OCc2nnc(C(=O)Nc3cccc(F)c3)s2)cc1. The molecule has 3 aromatic carbocycles. The average molecular weight is 497 g/mol.